The maximum atomic E-state index is 13.8. The van der Waals surface area contributed by atoms with Crippen molar-refractivity contribution in [3.63, 3.8) is 0 Å². The molecule has 3 aromatic heterocycles. The summed E-state index contributed by atoms with van der Waals surface area (Å²) in [7, 11) is 0. The molecular weight excluding hydrogens is 413 g/mol. The molecule has 7 nitrogen and oxygen atoms in total. The van der Waals surface area contributed by atoms with Gasteiger partial charge in [0, 0.05) is 30.8 Å². The molecule has 31 heavy (non-hydrogen) atoms. The van der Waals surface area contributed by atoms with Gasteiger partial charge in [0.2, 0.25) is 5.76 Å². The maximum Gasteiger partial charge on any atom is 0.417 e. The second-order valence-corrected chi connectivity index (χ2v) is 8.12. The van der Waals surface area contributed by atoms with E-state index in [0.717, 1.165) is 6.07 Å². The number of aryl methyl sites for hydroxylation is 1. The van der Waals surface area contributed by atoms with Gasteiger partial charge in [0.25, 0.3) is 11.6 Å². The van der Waals surface area contributed by atoms with E-state index in [1.165, 1.54) is 0 Å². The first kappa shape index (κ1) is 21.3. The Morgan fingerprint density at radius 1 is 1.26 bits per heavy atom. The summed E-state index contributed by atoms with van der Waals surface area (Å²) in [5.74, 6) is -0.497. The molecule has 0 radical (unpaired) electrons. The van der Waals surface area contributed by atoms with Crippen LogP contribution in [-0.4, -0.2) is 39.2 Å². The Hall–Kier alpha value is -2.91. The molecule has 1 aliphatic rings. The van der Waals surface area contributed by atoms with E-state index in [-0.39, 0.29) is 46.6 Å². The number of hydrogen-bond acceptors (Lipinski definition) is 6. The molecule has 4 rings (SSSR count). The molecular formula is C21H23F3N4O3. The highest BCUT2D eigenvalue weighted by molar-refractivity contribution is 5.91. The highest BCUT2D eigenvalue weighted by atomic mass is 19.4. The van der Waals surface area contributed by atoms with Gasteiger partial charge in [-0.05, 0) is 31.2 Å². The maximum absolute atomic E-state index is 13.8. The molecule has 0 N–H and O–H groups in total. The fraction of sp³-hybridized carbons (Fsp3) is 0.524. The molecule has 10 heteroatoms. The Labute approximate surface area is 176 Å². The van der Waals surface area contributed by atoms with E-state index in [4.69, 9.17) is 9.05 Å². The van der Waals surface area contributed by atoms with E-state index in [1.807, 2.05) is 13.8 Å². The number of alkyl halides is 3. The summed E-state index contributed by atoms with van der Waals surface area (Å²) in [5.41, 5.74) is 0.226. The molecule has 0 aliphatic carbocycles. The Kier molecular flexibility index (Phi) is 5.49. The van der Waals surface area contributed by atoms with Gasteiger partial charge in [-0.3, -0.25) is 4.79 Å². The van der Waals surface area contributed by atoms with E-state index in [2.05, 4.69) is 15.3 Å². The average molecular weight is 436 g/mol. The van der Waals surface area contributed by atoms with Crippen molar-refractivity contribution in [1.82, 2.24) is 20.2 Å². The summed E-state index contributed by atoms with van der Waals surface area (Å²) in [5, 5.41) is 7.74. The van der Waals surface area contributed by atoms with E-state index in [0.29, 0.717) is 31.5 Å². The smallest absolute Gasteiger partial charge is 0.351 e. The van der Waals surface area contributed by atoms with Gasteiger partial charge < -0.3 is 13.9 Å². The average Bonchev–Trinajstić information content (AvgIpc) is 3.39. The van der Waals surface area contributed by atoms with Crippen LogP contribution in [0.4, 0.5) is 13.2 Å². The second-order valence-electron chi connectivity index (χ2n) is 8.12. The van der Waals surface area contributed by atoms with Crippen molar-refractivity contribution in [1.29, 1.82) is 0 Å². The molecule has 0 bridgehead atoms. The summed E-state index contributed by atoms with van der Waals surface area (Å²) in [6.45, 7) is 6.30. The minimum Gasteiger partial charge on any atom is -0.351 e. The molecule has 1 aliphatic heterocycles. The molecule has 0 aromatic carbocycles. The van der Waals surface area contributed by atoms with Crippen LogP contribution < -0.4 is 0 Å². The Balaban J connectivity index is 1.66. The summed E-state index contributed by atoms with van der Waals surface area (Å²) < 4.78 is 51.7. The number of likely N-dealkylation sites (tertiary alicyclic amines) is 1. The lowest BCUT2D eigenvalue weighted by molar-refractivity contribution is -0.136. The number of carbonyl (C=O) groups excluding carboxylic acids is 1. The quantitative estimate of drug-likeness (QED) is 0.576. The largest absolute Gasteiger partial charge is 0.417 e. The fourth-order valence-corrected chi connectivity index (χ4v) is 3.91. The van der Waals surface area contributed by atoms with Crippen molar-refractivity contribution >= 4 is 17.0 Å². The topological polar surface area (TPSA) is 85.3 Å². The zero-order valence-corrected chi connectivity index (χ0v) is 17.5. The summed E-state index contributed by atoms with van der Waals surface area (Å²) in [4.78, 5) is 18.6. The number of hydrogen-bond donors (Lipinski definition) is 0. The summed E-state index contributed by atoms with van der Waals surface area (Å²) in [6, 6.07) is 2.66. The molecule has 1 atom stereocenters. The zero-order valence-electron chi connectivity index (χ0n) is 17.5. The van der Waals surface area contributed by atoms with Crippen LogP contribution in [0, 0.1) is 0 Å². The minimum absolute atomic E-state index is 0.113. The number of rotatable bonds is 4. The molecule has 1 saturated heterocycles. The fourth-order valence-electron chi connectivity index (χ4n) is 3.91. The van der Waals surface area contributed by atoms with Gasteiger partial charge in [-0.2, -0.15) is 13.2 Å². The summed E-state index contributed by atoms with van der Waals surface area (Å²) >= 11 is 0. The van der Waals surface area contributed by atoms with E-state index in [9.17, 15) is 18.0 Å². The normalized spacial score (nSPS) is 17.6. The summed E-state index contributed by atoms with van der Waals surface area (Å²) in [6.07, 6.45) is -3.01. The number of fused-ring (bicyclic) bond motifs is 1. The van der Waals surface area contributed by atoms with Crippen LogP contribution in [0.25, 0.3) is 11.1 Å². The minimum atomic E-state index is -4.57. The van der Waals surface area contributed by atoms with Crippen LogP contribution in [0.15, 0.2) is 21.2 Å². The van der Waals surface area contributed by atoms with E-state index >= 15 is 0 Å². The highest BCUT2D eigenvalue weighted by Crippen LogP contribution is 2.40. The third-order valence-electron chi connectivity index (χ3n) is 5.62. The SMILES string of the molecule is CCc1cc(C(F)(F)F)c2c([C@H]3CCCN(C(=O)c4cc(C(C)C)no4)C3)noc2n1. The van der Waals surface area contributed by atoms with Crippen LogP contribution in [0.5, 0.6) is 0 Å². The first-order valence-corrected chi connectivity index (χ1v) is 10.3. The molecule has 166 valence electrons. The molecule has 4 heterocycles. The lowest BCUT2D eigenvalue weighted by Crippen LogP contribution is -2.39. The molecule has 0 spiro atoms. The molecule has 1 amide bonds. The lowest BCUT2D eigenvalue weighted by Gasteiger charge is -2.31. The highest BCUT2D eigenvalue weighted by Gasteiger charge is 2.38. The monoisotopic (exact) mass is 436 g/mol. The van der Waals surface area contributed by atoms with Gasteiger partial charge in [0.05, 0.1) is 22.3 Å². The van der Waals surface area contributed by atoms with Gasteiger partial charge in [0.1, 0.15) is 0 Å². The first-order valence-electron chi connectivity index (χ1n) is 10.3. The number of aromatic nitrogens is 3. The number of halogens is 3. The van der Waals surface area contributed by atoms with Crippen LogP contribution in [0.2, 0.25) is 0 Å². The predicted octanol–water partition coefficient (Wildman–Crippen LogP) is 4.94. The number of carbonyl (C=O) groups is 1. The van der Waals surface area contributed by atoms with Gasteiger partial charge in [-0.1, -0.05) is 31.1 Å². The van der Waals surface area contributed by atoms with Crippen molar-refractivity contribution in [2.24, 2.45) is 0 Å². The Morgan fingerprint density at radius 2 is 2.03 bits per heavy atom. The molecule has 1 fully saturated rings. The van der Waals surface area contributed by atoms with Crippen molar-refractivity contribution in [3.05, 3.63) is 40.5 Å². The molecule has 3 aromatic rings. The van der Waals surface area contributed by atoms with Gasteiger partial charge in [0.15, 0.2) is 0 Å². The Morgan fingerprint density at radius 3 is 2.68 bits per heavy atom. The number of pyridine rings is 1. The molecule has 0 saturated carbocycles. The standard InChI is InChI=1S/C21H23F3N4O3/c1-4-13-8-14(21(22,23)24)17-18(27-31-19(17)25-13)12-6-5-7-28(10-12)20(29)16-9-15(11(2)3)26-30-16/h8-9,11-12H,4-7,10H2,1-3H3/t12-/m0/s1. The van der Waals surface area contributed by atoms with E-state index in [1.54, 1.807) is 17.9 Å². The lowest BCUT2D eigenvalue weighted by atomic mass is 9.91. The van der Waals surface area contributed by atoms with E-state index < -0.39 is 17.7 Å². The third kappa shape index (κ3) is 4.03. The van der Waals surface area contributed by atoms with Crippen LogP contribution in [-0.2, 0) is 12.6 Å². The Bertz CT molecular complexity index is 1100. The van der Waals surface area contributed by atoms with Crippen molar-refractivity contribution < 1.29 is 27.0 Å². The van der Waals surface area contributed by atoms with Gasteiger partial charge in [-0.15, -0.1) is 0 Å². The van der Waals surface area contributed by atoms with Crippen LogP contribution in [0.3, 0.4) is 0 Å². The second kappa shape index (κ2) is 7.97. The zero-order chi connectivity index (χ0) is 22.3. The first-order chi connectivity index (χ1) is 14.7. The number of nitrogens with zero attached hydrogens (tertiary/aromatic N) is 4. The third-order valence-corrected chi connectivity index (χ3v) is 5.62. The van der Waals surface area contributed by atoms with Crippen molar-refractivity contribution in [2.45, 2.75) is 58.0 Å². The van der Waals surface area contributed by atoms with Crippen LogP contribution >= 0.6 is 0 Å². The van der Waals surface area contributed by atoms with Crippen LogP contribution in [0.1, 0.15) is 78.6 Å². The van der Waals surface area contributed by atoms with Gasteiger partial charge in [-0.25, -0.2) is 4.98 Å². The predicted molar refractivity (Wildman–Crippen MR) is 105 cm³/mol. The number of piperidine rings is 1. The molecule has 0 unspecified atom stereocenters. The van der Waals surface area contributed by atoms with Crippen molar-refractivity contribution in [3.8, 4) is 0 Å². The van der Waals surface area contributed by atoms with Gasteiger partial charge >= 0.3 is 6.18 Å². The van der Waals surface area contributed by atoms with Crippen molar-refractivity contribution in [2.75, 3.05) is 13.1 Å². The number of amides is 1.